The van der Waals surface area contributed by atoms with Gasteiger partial charge >= 0.3 is 11.9 Å². The second kappa shape index (κ2) is 12.4. The molecule has 0 atom stereocenters. The zero-order valence-electron chi connectivity index (χ0n) is 23.2. The fraction of sp³-hybridized carbons (Fsp3) is 0.0588. The highest BCUT2D eigenvalue weighted by Gasteiger charge is 2.20. The standard InChI is InChI=1S/C34H22O10S/c35-23-13-29(33(37)38)43-25-15-27(41-17-19-7-3-1-4-8-19)31(11-21(23)25)45-32-12-22-24(36)14-30(34(39)40)44-26(22)16-28(32)42-18-20-9-5-2-6-10-20/h1-16H,17-18H2,(H,37,38)(H,39,40). The SMILES string of the molecule is O=C(O)c1cc(=O)c2cc(Sc3cc4c(=O)cc(C(=O)O)oc4cc3OCc3ccccc3)c(OCc3ccccc3)cc2o1. The molecule has 0 radical (unpaired) electrons. The quantitative estimate of drug-likeness (QED) is 0.170. The minimum atomic E-state index is -1.39. The smallest absolute Gasteiger partial charge is 0.371 e. The number of carboxylic acid groups (broad SMARTS) is 2. The number of fused-ring (bicyclic) bond motifs is 2. The number of carbonyl (C=O) groups is 2. The van der Waals surface area contributed by atoms with Gasteiger partial charge < -0.3 is 28.5 Å². The third kappa shape index (κ3) is 6.43. The molecule has 0 aliphatic carbocycles. The van der Waals surface area contributed by atoms with Gasteiger partial charge in [-0.15, -0.1) is 0 Å². The number of rotatable bonds is 10. The molecule has 4 aromatic carbocycles. The first-order valence-corrected chi connectivity index (χ1v) is 14.3. The molecule has 2 heterocycles. The Morgan fingerprint density at radius 2 is 1.00 bits per heavy atom. The Labute approximate surface area is 258 Å². The van der Waals surface area contributed by atoms with Crippen molar-refractivity contribution in [3.63, 3.8) is 0 Å². The molecule has 45 heavy (non-hydrogen) atoms. The summed E-state index contributed by atoms with van der Waals surface area (Å²) >= 11 is 1.14. The molecule has 6 aromatic rings. The highest BCUT2D eigenvalue weighted by Crippen LogP contribution is 2.43. The highest BCUT2D eigenvalue weighted by atomic mass is 32.2. The molecule has 6 rings (SSSR count). The maximum Gasteiger partial charge on any atom is 0.371 e. The minimum absolute atomic E-state index is 0.0215. The molecule has 2 aromatic heterocycles. The molecular formula is C34H22O10S. The lowest BCUT2D eigenvalue weighted by Crippen LogP contribution is -2.07. The van der Waals surface area contributed by atoms with Gasteiger partial charge in [-0.1, -0.05) is 72.4 Å². The van der Waals surface area contributed by atoms with Crippen LogP contribution in [-0.2, 0) is 13.2 Å². The number of hydrogen-bond donors (Lipinski definition) is 2. The summed E-state index contributed by atoms with van der Waals surface area (Å²) in [6.45, 7) is 0.304. The average Bonchev–Trinajstić information content (AvgIpc) is 3.04. The van der Waals surface area contributed by atoms with Gasteiger partial charge in [-0.2, -0.15) is 0 Å². The van der Waals surface area contributed by atoms with E-state index in [0.717, 1.165) is 35.0 Å². The fourth-order valence-corrected chi connectivity index (χ4v) is 5.54. The van der Waals surface area contributed by atoms with E-state index in [-0.39, 0.29) is 46.7 Å². The van der Waals surface area contributed by atoms with Gasteiger partial charge in [-0.3, -0.25) is 9.59 Å². The Balaban J connectivity index is 1.48. The van der Waals surface area contributed by atoms with E-state index in [1.165, 1.54) is 24.3 Å². The van der Waals surface area contributed by atoms with Crippen LogP contribution in [-0.4, -0.2) is 22.2 Å². The summed E-state index contributed by atoms with van der Waals surface area (Å²) in [5.74, 6) is -3.24. The van der Waals surface area contributed by atoms with Crippen LogP contribution >= 0.6 is 11.8 Å². The van der Waals surface area contributed by atoms with Crippen molar-refractivity contribution >= 4 is 45.6 Å². The van der Waals surface area contributed by atoms with Gasteiger partial charge in [0.2, 0.25) is 11.5 Å². The third-order valence-electron chi connectivity index (χ3n) is 6.70. The first-order chi connectivity index (χ1) is 21.7. The van der Waals surface area contributed by atoms with Crippen molar-refractivity contribution in [3.05, 3.63) is 140 Å². The summed E-state index contributed by atoms with van der Waals surface area (Å²) < 4.78 is 23.3. The highest BCUT2D eigenvalue weighted by molar-refractivity contribution is 7.99. The number of carboxylic acids is 2. The molecule has 0 aliphatic heterocycles. The van der Waals surface area contributed by atoms with Gasteiger partial charge in [-0.25, -0.2) is 9.59 Å². The van der Waals surface area contributed by atoms with Crippen LogP contribution in [0.25, 0.3) is 21.9 Å². The maximum absolute atomic E-state index is 12.9. The number of hydrogen-bond acceptors (Lipinski definition) is 9. The molecule has 0 saturated heterocycles. The molecular weight excluding hydrogens is 600 g/mol. The first-order valence-electron chi connectivity index (χ1n) is 13.5. The Kier molecular flexibility index (Phi) is 8.08. The zero-order valence-corrected chi connectivity index (χ0v) is 24.0. The number of aromatic carboxylic acids is 2. The molecule has 0 aliphatic rings. The Morgan fingerprint density at radius 3 is 1.38 bits per heavy atom. The first kappa shape index (κ1) is 29.3. The summed E-state index contributed by atoms with van der Waals surface area (Å²) in [6, 6.07) is 26.4. The van der Waals surface area contributed by atoms with Crippen LogP contribution in [0.3, 0.4) is 0 Å². The van der Waals surface area contributed by atoms with E-state index in [2.05, 4.69) is 0 Å². The molecule has 0 saturated carbocycles. The summed E-state index contributed by atoms with van der Waals surface area (Å²) in [6.07, 6.45) is 0. The second-order valence-electron chi connectivity index (χ2n) is 9.80. The van der Waals surface area contributed by atoms with Crippen molar-refractivity contribution in [1.29, 1.82) is 0 Å². The zero-order chi connectivity index (χ0) is 31.5. The predicted molar refractivity (Wildman–Crippen MR) is 165 cm³/mol. The molecule has 10 nitrogen and oxygen atoms in total. The molecule has 0 fully saturated rings. The van der Waals surface area contributed by atoms with E-state index < -0.39 is 34.3 Å². The van der Waals surface area contributed by atoms with Crippen molar-refractivity contribution in [3.8, 4) is 11.5 Å². The fourth-order valence-electron chi connectivity index (χ4n) is 4.51. The average molecular weight is 623 g/mol. The second-order valence-corrected chi connectivity index (χ2v) is 10.9. The molecule has 0 unspecified atom stereocenters. The van der Waals surface area contributed by atoms with Crippen molar-refractivity contribution in [2.75, 3.05) is 0 Å². The molecule has 2 N–H and O–H groups in total. The molecule has 224 valence electrons. The molecule has 0 bridgehead atoms. The van der Waals surface area contributed by atoms with Crippen LogP contribution in [0.4, 0.5) is 0 Å². The summed E-state index contributed by atoms with van der Waals surface area (Å²) in [4.78, 5) is 49.9. The molecule has 11 heteroatoms. The lowest BCUT2D eigenvalue weighted by molar-refractivity contribution is 0.0653. The van der Waals surface area contributed by atoms with E-state index in [1.807, 2.05) is 60.7 Å². The van der Waals surface area contributed by atoms with Crippen LogP contribution < -0.4 is 20.3 Å². The van der Waals surface area contributed by atoms with E-state index in [4.69, 9.17) is 18.3 Å². The van der Waals surface area contributed by atoms with Crippen LogP contribution in [0, 0.1) is 0 Å². The Bertz CT molecular complexity index is 2030. The number of ether oxygens (including phenoxy) is 2. The Hall–Kier alpha value is -5.81. The summed E-state index contributed by atoms with van der Waals surface area (Å²) in [7, 11) is 0. The van der Waals surface area contributed by atoms with Gasteiger partial charge in [0, 0.05) is 24.3 Å². The van der Waals surface area contributed by atoms with Crippen molar-refractivity contribution in [2.45, 2.75) is 23.0 Å². The predicted octanol–water partition coefficient (Wildman–Crippen LogP) is 6.61. The van der Waals surface area contributed by atoms with Gasteiger partial charge in [0.25, 0.3) is 0 Å². The van der Waals surface area contributed by atoms with Crippen molar-refractivity contribution in [2.24, 2.45) is 0 Å². The maximum atomic E-state index is 12.9. The lowest BCUT2D eigenvalue weighted by atomic mass is 10.2. The van der Waals surface area contributed by atoms with E-state index in [0.29, 0.717) is 9.79 Å². The Morgan fingerprint density at radius 1 is 0.600 bits per heavy atom. The minimum Gasteiger partial charge on any atom is -0.488 e. The van der Waals surface area contributed by atoms with Crippen LogP contribution in [0.15, 0.2) is 125 Å². The van der Waals surface area contributed by atoms with Gasteiger partial charge in [0.1, 0.15) is 35.9 Å². The van der Waals surface area contributed by atoms with Crippen molar-refractivity contribution in [1.82, 2.24) is 0 Å². The third-order valence-corrected chi connectivity index (χ3v) is 7.78. The van der Waals surface area contributed by atoms with E-state index in [9.17, 15) is 29.4 Å². The normalized spacial score (nSPS) is 11.0. The topological polar surface area (TPSA) is 153 Å². The number of benzene rings is 4. The van der Waals surface area contributed by atoms with Gasteiger partial charge in [-0.05, 0) is 23.3 Å². The van der Waals surface area contributed by atoms with Crippen molar-refractivity contribution < 1.29 is 38.1 Å². The molecule has 0 amide bonds. The van der Waals surface area contributed by atoms with E-state index in [1.54, 1.807) is 0 Å². The monoisotopic (exact) mass is 622 g/mol. The largest absolute Gasteiger partial charge is 0.488 e. The lowest BCUT2D eigenvalue weighted by Gasteiger charge is -2.16. The van der Waals surface area contributed by atoms with Crippen LogP contribution in [0.5, 0.6) is 11.5 Å². The van der Waals surface area contributed by atoms with Gasteiger partial charge in [0.15, 0.2) is 10.9 Å². The van der Waals surface area contributed by atoms with Gasteiger partial charge in [0.05, 0.1) is 20.6 Å². The van der Waals surface area contributed by atoms with Crippen LogP contribution in [0.1, 0.15) is 32.2 Å². The summed E-state index contributed by atoms with van der Waals surface area (Å²) in [5, 5.41) is 19.1. The van der Waals surface area contributed by atoms with E-state index >= 15 is 0 Å². The summed E-state index contributed by atoms with van der Waals surface area (Å²) in [5.41, 5.74) is 0.635. The molecule has 0 spiro atoms. The van der Waals surface area contributed by atoms with Crippen LogP contribution in [0.2, 0.25) is 0 Å².